The Morgan fingerprint density at radius 3 is 2.19 bits per heavy atom. The molecule has 4 heteroatoms. The van der Waals surface area contributed by atoms with E-state index in [-0.39, 0.29) is 0 Å². The molecule has 0 aromatic heterocycles. The van der Waals surface area contributed by atoms with E-state index in [0.717, 1.165) is 44.8 Å². The summed E-state index contributed by atoms with van der Waals surface area (Å²) in [6, 6.07) is 28.4. The Labute approximate surface area is 217 Å². The number of ether oxygens (including phenoxy) is 1. The second-order valence-corrected chi connectivity index (χ2v) is 10.2. The Balaban J connectivity index is 1.43. The van der Waals surface area contributed by atoms with Crippen LogP contribution in [0.4, 0.5) is 11.4 Å². The van der Waals surface area contributed by atoms with E-state index >= 15 is 0 Å². The fourth-order valence-corrected chi connectivity index (χ4v) is 4.82. The van der Waals surface area contributed by atoms with Crippen molar-refractivity contribution >= 4 is 11.4 Å². The van der Waals surface area contributed by atoms with Crippen LogP contribution in [0.1, 0.15) is 37.8 Å². The van der Waals surface area contributed by atoms with E-state index in [1.165, 1.54) is 28.1 Å². The first-order chi connectivity index (χ1) is 17.5. The van der Waals surface area contributed by atoms with Crippen LogP contribution in [0.25, 0.3) is 0 Å². The Morgan fingerprint density at radius 2 is 1.53 bits per heavy atom. The molecule has 0 amide bonds. The molecular weight excluding hydrogens is 442 g/mol. The summed E-state index contributed by atoms with van der Waals surface area (Å²) in [4.78, 5) is 7.31. The number of para-hydroxylation sites is 2. The van der Waals surface area contributed by atoms with E-state index in [1.54, 1.807) is 0 Å². The van der Waals surface area contributed by atoms with Crippen LogP contribution in [-0.2, 0) is 13.2 Å². The third-order valence-electron chi connectivity index (χ3n) is 6.96. The summed E-state index contributed by atoms with van der Waals surface area (Å²) in [5.74, 6) is 0.965. The zero-order valence-corrected chi connectivity index (χ0v) is 22.4. The van der Waals surface area contributed by atoms with Crippen LogP contribution in [0.2, 0.25) is 0 Å². The first-order valence-electron chi connectivity index (χ1n) is 13.1. The third-order valence-corrected chi connectivity index (χ3v) is 6.96. The molecule has 1 heterocycles. The molecule has 190 valence electrons. The highest BCUT2D eigenvalue weighted by atomic mass is 16.5. The number of hydrogen-bond acceptors (Lipinski definition) is 4. The van der Waals surface area contributed by atoms with Crippen LogP contribution in [-0.4, -0.2) is 44.7 Å². The average Bonchev–Trinajstić information content (AvgIpc) is 2.90. The van der Waals surface area contributed by atoms with Crippen molar-refractivity contribution in [3.05, 3.63) is 102 Å². The molecule has 3 aromatic carbocycles. The van der Waals surface area contributed by atoms with Gasteiger partial charge in [-0.3, -0.25) is 4.90 Å². The van der Waals surface area contributed by atoms with Gasteiger partial charge in [0.25, 0.3) is 0 Å². The largest absolute Gasteiger partial charge is 0.487 e. The molecule has 1 aliphatic heterocycles. The molecule has 0 aliphatic carbocycles. The lowest BCUT2D eigenvalue weighted by atomic mass is 10.0. The molecule has 4 rings (SSSR count). The minimum Gasteiger partial charge on any atom is -0.487 e. The van der Waals surface area contributed by atoms with Crippen molar-refractivity contribution in [2.45, 2.75) is 45.9 Å². The SMILES string of the molecule is CC(C)=CCN(c1ccccc1OCc1ccccc1)C1CCN(Cc2ccc(N(C)C)cc2)CC1. The van der Waals surface area contributed by atoms with Crippen LogP contribution < -0.4 is 14.5 Å². The minimum absolute atomic E-state index is 0.495. The van der Waals surface area contributed by atoms with Crippen LogP contribution in [0, 0.1) is 0 Å². The molecule has 1 aliphatic rings. The van der Waals surface area contributed by atoms with Gasteiger partial charge >= 0.3 is 0 Å². The maximum Gasteiger partial charge on any atom is 0.143 e. The highest BCUT2D eigenvalue weighted by molar-refractivity contribution is 5.59. The van der Waals surface area contributed by atoms with Gasteiger partial charge in [0.2, 0.25) is 0 Å². The van der Waals surface area contributed by atoms with Crippen molar-refractivity contribution in [3.63, 3.8) is 0 Å². The molecule has 0 bridgehead atoms. The Hall–Kier alpha value is -3.24. The number of rotatable bonds is 10. The molecule has 4 nitrogen and oxygen atoms in total. The van der Waals surface area contributed by atoms with E-state index in [4.69, 9.17) is 4.74 Å². The first kappa shape index (κ1) is 25.8. The Bertz CT molecular complexity index is 1100. The zero-order chi connectivity index (χ0) is 25.3. The van der Waals surface area contributed by atoms with E-state index in [1.807, 2.05) is 6.07 Å². The predicted molar refractivity (Wildman–Crippen MR) is 153 cm³/mol. The lowest BCUT2D eigenvalue weighted by Gasteiger charge is -2.40. The summed E-state index contributed by atoms with van der Waals surface area (Å²) in [5, 5.41) is 0. The van der Waals surface area contributed by atoms with Gasteiger partial charge in [0.15, 0.2) is 0 Å². The van der Waals surface area contributed by atoms with Crippen molar-refractivity contribution < 1.29 is 4.74 Å². The van der Waals surface area contributed by atoms with E-state index < -0.39 is 0 Å². The molecule has 0 atom stereocenters. The van der Waals surface area contributed by atoms with Crippen molar-refractivity contribution in [2.75, 3.05) is 43.5 Å². The Morgan fingerprint density at radius 1 is 0.861 bits per heavy atom. The topological polar surface area (TPSA) is 19.0 Å². The van der Waals surface area contributed by atoms with Crippen molar-refractivity contribution in [1.29, 1.82) is 0 Å². The van der Waals surface area contributed by atoms with Crippen LogP contribution in [0.5, 0.6) is 5.75 Å². The summed E-state index contributed by atoms with van der Waals surface area (Å²) in [6.45, 7) is 9.09. The van der Waals surface area contributed by atoms with Gasteiger partial charge in [0, 0.05) is 52.0 Å². The molecule has 0 spiro atoms. The van der Waals surface area contributed by atoms with Crippen molar-refractivity contribution in [3.8, 4) is 5.75 Å². The van der Waals surface area contributed by atoms with Crippen LogP contribution in [0.15, 0.2) is 90.5 Å². The lowest BCUT2D eigenvalue weighted by molar-refractivity contribution is 0.201. The summed E-state index contributed by atoms with van der Waals surface area (Å²) < 4.78 is 6.35. The van der Waals surface area contributed by atoms with Gasteiger partial charge < -0.3 is 14.5 Å². The molecular formula is C32H41N3O. The number of piperidine rings is 1. The van der Waals surface area contributed by atoms with Gasteiger partial charge in [0.1, 0.15) is 12.4 Å². The number of hydrogen-bond donors (Lipinski definition) is 0. The van der Waals surface area contributed by atoms with Gasteiger partial charge in [-0.2, -0.15) is 0 Å². The summed E-state index contributed by atoms with van der Waals surface area (Å²) in [5.41, 5.74) is 6.38. The van der Waals surface area contributed by atoms with Gasteiger partial charge in [-0.05, 0) is 62.1 Å². The molecule has 0 unspecified atom stereocenters. The number of nitrogens with zero attached hydrogens (tertiary/aromatic N) is 3. The minimum atomic E-state index is 0.495. The fourth-order valence-electron chi connectivity index (χ4n) is 4.82. The fraction of sp³-hybridized carbons (Fsp3) is 0.375. The molecule has 1 saturated heterocycles. The highest BCUT2D eigenvalue weighted by Gasteiger charge is 2.26. The summed E-state index contributed by atoms with van der Waals surface area (Å²) >= 11 is 0. The molecule has 3 aromatic rings. The van der Waals surface area contributed by atoms with Gasteiger partial charge in [0.05, 0.1) is 5.69 Å². The quantitative estimate of drug-likeness (QED) is 0.296. The maximum atomic E-state index is 6.35. The second-order valence-electron chi connectivity index (χ2n) is 10.2. The van der Waals surface area contributed by atoms with E-state index in [2.05, 4.69) is 122 Å². The standard InChI is InChI=1S/C32H41N3O/c1-26(2)18-23-35(31-12-8-9-13-32(31)36-25-28-10-6-5-7-11-28)30-19-21-34(22-20-30)24-27-14-16-29(17-15-27)33(3)4/h5-18,30H,19-25H2,1-4H3. The summed E-state index contributed by atoms with van der Waals surface area (Å²) in [6.07, 6.45) is 4.64. The maximum absolute atomic E-state index is 6.35. The molecule has 0 N–H and O–H groups in total. The highest BCUT2D eigenvalue weighted by Crippen LogP contribution is 2.33. The summed E-state index contributed by atoms with van der Waals surface area (Å²) in [7, 11) is 4.18. The van der Waals surface area contributed by atoms with E-state index in [9.17, 15) is 0 Å². The second kappa shape index (κ2) is 12.6. The number of benzene rings is 3. The van der Waals surface area contributed by atoms with Crippen molar-refractivity contribution in [1.82, 2.24) is 4.90 Å². The number of anilines is 2. The third kappa shape index (κ3) is 7.14. The normalized spacial score (nSPS) is 14.3. The predicted octanol–water partition coefficient (Wildman–Crippen LogP) is 6.77. The first-order valence-corrected chi connectivity index (χ1v) is 13.1. The molecule has 0 radical (unpaired) electrons. The van der Waals surface area contributed by atoms with Gasteiger partial charge in [-0.15, -0.1) is 0 Å². The Kier molecular flexibility index (Phi) is 9.07. The molecule has 36 heavy (non-hydrogen) atoms. The smallest absolute Gasteiger partial charge is 0.143 e. The lowest BCUT2D eigenvalue weighted by Crippen LogP contribution is -2.45. The van der Waals surface area contributed by atoms with Crippen molar-refractivity contribution in [2.24, 2.45) is 0 Å². The molecule has 1 fully saturated rings. The van der Waals surface area contributed by atoms with E-state index in [0.29, 0.717) is 12.6 Å². The monoisotopic (exact) mass is 483 g/mol. The van der Waals surface area contributed by atoms with Crippen LogP contribution >= 0.6 is 0 Å². The molecule has 0 saturated carbocycles. The number of likely N-dealkylation sites (tertiary alicyclic amines) is 1. The zero-order valence-electron chi connectivity index (χ0n) is 22.4. The number of allylic oxidation sites excluding steroid dienone is 1. The average molecular weight is 484 g/mol. The van der Waals surface area contributed by atoms with Gasteiger partial charge in [-0.1, -0.05) is 66.2 Å². The van der Waals surface area contributed by atoms with Gasteiger partial charge in [-0.25, -0.2) is 0 Å². The van der Waals surface area contributed by atoms with Crippen LogP contribution in [0.3, 0.4) is 0 Å².